The SMILES string of the molecule is COC(Cn1cc(C(=O)N(C)C)c(-c2ccccc2)cc1=O)C1CCCCC1. The van der Waals surface area contributed by atoms with E-state index in [4.69, 9.17) is 4.74 Å². The topological polar surface area (TPSA) is 51.5 Å². The molecule has 3 rings (SSSR count). The molecule has 1 aliphatic carbocycles. The molecule has 1 atom stereocenters. The van der Waals surface area contributed by atoms with E-state index in [1.807, 2.05) is 30.3 Å². The highest BCUT2D eigenvalue weighted by Gasteiger charge is 2.25. The number of aromatic nitrogens is 1. The zero-order valence-corrected chi connectivity index (χ0v) is 17.1. The van der Waals surface area contributed by atoms with E-state index in [0.29, 0.717) is 23.6 Å². The molecule has 1 amide bonds. The summed E-state index contributed by atoms with van der Waals surface area (Å²) in [7, 11) is 5.17. The summed E-state index contributed by atoms with van der Waals surface area (Å²) >= 11 is 0. The van der Waals surface area contributed by atoms with Crippen LogP contribution < -0.4 is 5.56 Å². The van der Waals surface area contributed by atoms with Gasteiger partial charge in [-0.3, -0.25) is 9.59 Å². The van der Waals surface area contributed by atoms with Crippen LogP contribution in [0.5, 0.6) is 0 Å². The molecule has 0 N–H and O–H groups in total. The zero-order chi connectivity index (χ0) is 20.1. The molecule has 1 saturated carbocycles. The lowest BCUT2D eigenvalue weighted by Crippen LogP contribution is -2.34. The fourth-order valence-electron chi connectivity index (χ4n) is 4.10. The maximum absolute atomic E-state index is 12.9. The van der Waals surface area contributed by atoms with Gasteiger partial charge < -0.3 is 14.2 Å². The Kier molecular flexibility index (Phi) is 6.68. The fourth-order valence-corrected chi connectivity index (χ4v) is 4.10. The Morgan fingerprint density at radius 2 is 1.86 bits per heavy atom. The van der Waals surface area contributed by atoms with E-state index in [2.05, 4.69) is 0 Å². The lowest BCUT2D eigenvalue weighted by molar-refractivity contribution is 0.0234. The number of ether oxygens (including phenoxy) is 1. The molecule has 0 radical (unpaired) electrons. The van der Waals surface area contributed by atoms with Crippen molar-refractivity contribution in [3.8, 4) is 11.1 Å². The molecule has 5 nitrogen and oxygen atoms in total. The highest BCUT2D eigenvalue weighted by Crippen LogP contribution is 2.29. The Labute approximate surface area is 166 Å². The largest absolute Gasteiger partial charge is 0.379 e. The van der Waals surface area contributed by atoms with Crippen molar-refractivity contribution in [2.75, 3.05) is 21.2 Å². The Balaban J connectivity index is 1.99. The first-order chi connectivity index (χ1) is 13.5. The Hall–Kier alpha value is -2.40. The standard InChI is InChI=1S/C23H30N2O3/c1-24(2)23(27)20-15-25(16-21(28-3)18-12-8-5-9-13-18)22(26)14-19(20)17-10-6-4-7-11-17/h4,6-7,10-11,14-15,18,21H,5,8-9,12-13,16H2,1-3H3. The van der Waals surface area contributed by atoms with Gasteiger partial charge in [0.15, 0.2) is 0 Å². The number of nitrogens with zero attached hydrogens (tertiary/aromatic N) is 2. The van der Waals surface area contributed by atoms with Gasteiger partial charge in [-0.25, -0.2) is 0 Å². The molecule has 1 aliphatic rings. The summed E-state index contributed by atoms with van der Waals surface area (Å²) in [6.07, 6.45) is 7.69. The van der Waals surface area contributed by atoms with Gasteiger partial charge in [-0.05, 0) is 24.3 Å². The van der Waals surface area contributed by atoms with E-state index in [1.54, 1.807) is 42.9 Å². The minimum atomic E-state index is -0.112. The summed E-state index contributed by atoms with van der Waals surface area (Å²) in [6, 6.07) is 11.2. The second-order valence-electron chi connectivity index (χ2n) is 7.83. The highest BCUT2D eigenvalue weighted by atomic mass is 16.5. The molecule has 2 aromatic rings. The van der Waals surface area contributed by atoms with E-state index in [9.17, 15) is 9.59 Å². The van der Waals surface area contributed by atoms with Crippen LogP contribution >= 0.6 is 0 Å². The summed E-state index contributed by atoms with van der Waals surface area (Å²) in [5.41, 5.74) is 1.97. The molecule has 1 aromatic heterocycles. The first-order valence-electron chi connectivity index (χ1n) is 10.1. The van der Waals surface area contributed by atoms with Crippen LogP contribution in [0.4, 0.5) is 0 Å². The maximum Gasteiger partial charge on any atom is 0.255 e. The fraction of sp³-hybridized carbons (Fsp3) is 0.478. The van der Waals surface area contributed by atoms with Gasteiger partial charge in [-0.1, -0.05) is 49.6 Å². The minimum Gasteiger partial charge on any atom is -0.379 e. The van der Waals surface area contributed by atoms with Crippen molar-refractivity contribution in [1.82, 2.24) is 9.47 Å². The van der Waals surface area contributed by atoms with Gasteiger partial charge in [0.05, 0.1) is 18.2 Å². The number of hydrogen-bond donors (Lipinski definition) is 0. The van der Waals surface area contributed by atoms with Crippen molar-refractivity contribution in [2.45, 2.75) is 44.8 Å². The van der Waals surface area contributed by atoms with Gasteiger partial charge in [-0.15, -0.1) is 0 Å². The van der Waals surface area contributed by atoms with Crippen LogP contribution in [-0.4, -0.2) is 42.7 Å². The van der Waals surface area contributed by atoms with Gasteiger partial charge in [0.2, 0.25) is 0 Å². The van der Waals surface area contributed by atoms with Crippen LogP contribution in [0.1, 0.15) is 42.5 Å². The van der Waals surface area contributed by atoms with Gasteiger partial charge in [0, 0.05) is 39.0 Å². The Bertz CT molecular complexity index is 852. The van der Waals surface area contributed by atoms with Crippen molar-refractivity contribution in [3.63, 3.8) is 0 Å². The van der Waals surface area contributed by atoms with Crippen LogP contribution in [0.2, 0.25) is 0 Å². The molecular weight excluding hydrogens is 352 g/mol. The number of methoxy groups -OCH3 is 1. The van der Waals surface area contributed by atoms with Crippen LogP contribution in [0.3, 0.4) is 0 Å². The molecule has 28 heavy (non-hydrogen) atoms. The number of pyridine rings is 1. The van der Waals surface area contributed by atoms with Gasteiger partial charge in [0.1, 0.15) is 0 Å². The van der Waals surface area contributed by atoms with Gasteiger partial charge in [-0.2, -0.15) is 0 Å². The predicted molar refractivity (Wildman–Crippen MR) is 112 cm³/mol. The Morgan fingerprint density at radius 1 is 1.18 bits per heavy atom. The summed E-state index contributed by atoms with van der Waals surface area (Å²) in [6.45, 7) is 0.475. The Morgan fingerprint density at radius 3 is 2.46 bits per heavy atom. The number of rotatable bonds is 6. The molecule has 150 valence electrons. The number of hydrogen-bond acceptors (Lipinski definition) is 3. The smallest absolute Gasteiger partial charge is 0.255 e. The van der Waals surface area contributed by atoms with E-state index in [0.717, 1.165) is 18.4 Å². The molecule has 1 fully saturated rings. The number of benzene rings is 1. The van der Waals surface area contributed by atoms with Crippen molar-refractivity contribution in [2.24, 2.45) is 5.92 Å². The maximum atomic E-state index is 12.9. The van der Waals surface area contributed by atoms with Crippen LogP contribution in [-0.2, 0) is 11.3 Å². The third kappa shape index (κ3) is 4.53. The molecular formula is C23H30N2O3. The van der Waals surface area contributed by atoms with Gasteiger partial charge >= 0.3 is 0 Å². The first-order valence-corrected chi connectivity index (χ1v) is 10.1. The molecule has 0 spiro atoms. The summed E-state index contributed by atoms with van der Waals surface area (Å²) in [5.74, 6) is 0.353. The third-order valence-electron chi connectivity index (χ3n) is 5.70. The summed E-state index contributed by atoms with van der Waals surface area (Å²) in [4.78, 5) is 27.3. The second-order valence-corrected chi connectivity index (χ2v) is 7.83. The lowest BCUT2D eigenvalue weighted by Gasteiger charge is -2.30. The minimum absolute atomic E-state index is 0.0112. The van der Waals surface area contributed by atoms with Crippen molar-refractivity contribution >= 4 is 5.91 Å². The molecule has 0 saturated heterocycles. The van der Waals surface area contributed by atoms with Crippen LogP contribution in [0, 0.1) is 5.92 Å². The van der Waals surface area contributed by atoms with Crippen LogP contribution in [0.25, 0.3) is 11.1 Å². The van der Waals surface area contributed by atoms with Crippen molar-refractivity contribution in [3.05, 3.63) is 58.5 Å². The number of carbonyl (C=O) groups excluding carboxylic acids is 1. The normalized spacial score (nSPS) is 16.0. The lowest BCUT2D eigenvalue weighted by atomic mass is 9.85. The molecule has 1 unspecified atom stereocenters. The summed E-state index contributed by atoms with van der Waals surface area (Å²) in [5, 5.41) is 0. The monoisotopic (exact) mass is 382 g/mol. The molecule has 0 bridgehead atoms. The molecule has 0 aliphatic heterocycles. The van der Waals surface area contributed by atoms with E-state index >= 15 is 0 Å². The number of carbonyl (C=O) groups is 1. The van der Waals surface area contributed by atoms with Crippen molar-refractivity contribution < 1.29 is 9.53 Å². The van der Waals surface area contributed by atoms with E-state index < -0.39 is 0 Å². The molecule has 1 heterocycles. The molecule has 5 heteroatoms. The van der Waals surface area contributed by atoms with Crippen LogP contribution in [0.15, 0.2) is 47.4 Å². The second kappa shape index (κ2) is 9.20. The quantitative estimate of drug-likeness (QED) is 0.763. The number of amides is 1. The van der Waals surface area contributed by atoms with E-state index in [1.165, 1.54) is 19.3 Å². The zero-order valence-electron chi connectivity index (χ0n) is 17.1. The van der Waals surface area contributed by atoms with E-state index in [-0.39, 0.29) is 17.6 Å². The average molecular weight is 383 g/mol. The van der Waals surface area contributed by atoms with Gasteiger partial charge in [0.25, 0.3) is 11.5 Å². The molecule has 1 aromatic carbocycles. The summed E-state index contributed by atoms with van der Waals surface area (Å²) < 4.78 is 7.40. The predicted octanol–water partition coefficient (Wildman–Crippen LogP) is 3.81. The first kappa shape index (κ1) is 20.3. The third-order valence-corrected chi connectivity index (χ3v) is 5.70. The highest BCUT2D eigenvalue weighted by molar-refractivity contribution is 6.00. The van der Waals surface area contributed by atoms with Crippen molar-refractivity contribution in [1.29, 1.82) is 0 Å². The average Bonchev–Trinajstić information content (AvgIpc) is 2.73.